The zero-order valence-electron chi connectivity index (χ0n) is 10.7. The molecule has 3 rings (SSSR count). The number of carbonyl (C=O) groups is 1. The van der Waals surface area contributed by atoms with E-state index >= 15 is 0 Å². The fourth-order valence-corrected chi connectivity index (χ4v) is 2.24. The van der Waals surface area contributed by atoms with E-state index in [0.29, 0.717) is 12.1 Å². The Morgan fingerprint density at radius 1 is 1.42 bits per heavy atom. The summed E-state index contributed by atoms with van der Waals surface area (Å²) in [7, 11) is 0. The van der Waals surface area contributed by atoms with Gasteiger partial charge in [-0.2, -0.15) is 0 Å². The number of fused-ring (bicyclic) bond motifs is 1. The van der Waals surface area contributed by atoms with E-state index in [1.807, 2.05) is 25.1 Å². The molecule has 4 nitrogen and oxygen atoms in total. The van der Waals surface area contributed by atoms with E-state index in [4.69, 9.17) is 9.15 Å². The highest BCUT2D eigenvalue weighted by atomic mass is 16.5. The summed E-state index contributed by atoms with van der Waals surface area (Å²) in [6.07, 6.45) is 4.27. The Hall–Kier alpha value is -2.23. The highest BCUT2D eigenvalue weighted by molar-refractivity contribution is 5.94. The van der Waals surface area contributed by atoms with Crippen molar-refractivity contribution in [3.8, 4) is 5.75 Å². The summed E-state index contributed by atoms with van der Waals surface area (Å²) >= 11 is 0. The SMILES string of the molecule is C[C@H]1Cc2cc(C(=O)NCc3ccoc3)ccc2O1. The minimum absolute atomic E-state index is 0.0800. The molecule has 0 radical (unpaired) electrons. The number of hydrogen-bond acceptors (Lipinski definition) is 3. The number of furan rings is 1. The molecule has 1 aromatic heterocycles. The molecule has 0 unspecified atom stereocenters. The lowest BCUT2D eigenvalue weighted by atomic mass is 10.1. The first-order valence-electron chi connectivity index (χ1n) is 6.31. The van der Waals surface area contributed by atoms with Gasteiger partial charge in [0.2, 0.25) is 0 Å². The third-order valence-corrected chi connectivity index (χ3v) is 3.19. The Morgan fingerprint density at radius 2 is 2.32 bits per heavy atom. The van der Waals surface area contributed by atoms with Gasteiger partial charge in [0.1, 0.15) is 11.9 Å². The van der Waals surface area contributed by atoms with Gasteiger partial charge in [-0.05, 0) is 36.8 Å². The molecule has 1 aliphatic rings. The monoisotopic (exact) mass is 257 g/mol. The molecular formula is C15H15NO3. The molecule has 0 aliphatic carbocycles. The first-order chi connectivity index (χ1) is 9.22. The molecular weight excluding hydrogens is 242 g/mol. The van der Waals surface area contributed by atoms with E-state index < -0.39 is 0 Å². The van der Waals surface area contributed by atoms with Crippen LogP contribution in [0.25, 0.3) is 0 Å². The Bertz CT molecular complexity index is 589. The van der Waals surface area contributed by atoms with Gasteiger partial charge in [-0.3, -0.25) is 4.79 Å². The second-order valence-corrected chi connectivity index (χ2v) is 4.77. The summed E-state index contributed by atoms with van der Waals surface area (Å²) in [5.74, 6) is 0.808. The summed E-state index contributed by atoms with van der Waals surface area (Å²) in [4.78, 5) is 12.0. The van der Waals surface area contributed by atoms with E-state index in [1.54, 1.807) is 18.6 Å². The number of amides is 1. The quantitative estimate of drug-likeness (QED) is 0.919. The molecule has 0 fully saturated rings. The normalized spacial score (nSPS) is 16.8. The van der Waals surface area contributed by atoms with E-state index in [2.05, 4.69) is 5.32 Å². The van der Waals surface area contributed by atoms with Crippen LogP contribution in [0.5, 0.6) is 5.75 Å². The van der Waals surface area contributed by atoms with Crippen molar-refractivity contribution in [2.24, 2.45) is 0 Å². The van der Waals surface area contributed by atoms with Gasteiger partial charge in [-0.1, -0.05) is 0 Å². The summed E-state index contributed by atoms with van der Waals surface area (Å²) in [6.45, 7) is 2.50. The molecule has 98 valence electrons. The maximum Gasteiger partial charge on any atom is 0.251 e. The van der Waals surface area contributed by atoms with Crippen LogP contribution in [-0.2, 0) is 13.0 Å². The van der Waals surface area contributed by atoms with Crippen molar-refractivity contribution in [3.63, 3.8) is 0 Å². The summed E-state index contributed by atoms with van der Waals surface area (Å²) < 4.78 is 10.6. The zero-order chi connectivity index (χ0) is 13.2. The second kappa shape index (κ2) is 4.80. The topological polar surface area (TPSA) is 51.5 Å². The first-order valence-corrected chi connectivity index (χ1v) is 6.31. The highest BCUT2D eigenvalue weighted by Gasteiger charge is 2.20. The predicted molar refractivity (Wildman–Crippen MR) is 70.1 cm³/mol. The average Bonchev–Trinajstić information content (AvgIpc) is 3.02. The van der Waals surface area contributed by atoms with Gasteiger partial charge in [-0.15, -0.1) is 0 Å². The van der Waals surface area contributed by atoms with Crippen molar-refractivity contribution in [2.75, 3.05) is 0 Å². The minimum atomic E-state index is -0.0800. The maximum absolute atomic E-state index is 12.0. The molecule has 0 bridgehead atoms. The lowest BCUT2D eigenvalue weighted by molar-refractivity contribution is 0.0951. The Labute approximate surface area is 111 Å². The molecule has 2 heterocycles. The Kier molecular flexibility index (Phi) is 2.99. The average molecular weight is 257 g/mol. The molecule has 2 aromatic rings. The van der Waals surface area contributed by atoms with E-state index in [-0.39, 0.29) is 12.0 Å². The lowest BCUT2D eigenvalue weighted by Crippen LogP contribution is -2.22. The van der Waals surface area contributed by atoms with Gasteiger partial charge >= 0.3 is 0 Å². The van der Waals surface area contributed by atoms with Crippen molar-refractivity contribution in [1.82, 2.24) is 5.32 Å². The summed E-state index contributed by atoms with van der Waals surface area (Å²) in [6, 6.07) is 7.40. The smallest absolute Gasteiger partial charge is 0.251 e. The maximum atomic E-state index is 12.0. The molecule has 0 saturated carbocycles. The van der Waals surface area contributed by atoms with Crippen LogP contribution in [0.4, 0.5) is 0 Å². The Morgan fingerprint density at radius 3 is 3.11 bits per heavy atom. The molecule has 4 heteroatoms. The number of hydrogen-bond donors (Lipinski definition) is 1. The lowest BCUT2D eigenvalue weighted by Gasteiger charge is -2.05. The van der Waals surface area contributed by atoms with E-state index in [0.717, 1.165) is 23.3 Å². The highest BCUT2D eigenvalue weighted by Crippen LogP contribution is 2.29. The number of rotatable bonds is 3. The standard InChI is InChI=1S/C15H15NO3/c1-10-6-13-7-12(2-3-14(13)19-10)15(17)16-8-11-4-5-18-9-11/h2-5,7,9-10H,6,8H2,1H3,(H,16,17)/t10-/m0/s1. The Balaban J connectivity index is 1.69. The van der Waals surface area contributed by atoms with Gasteiger partial charge in [0.25, 0.3) is 5.91 Å². The molecule has 1 N–H and O–H groups in total. The van der Waals surface area contributed by atoms with Gasteiger partial charge in [0.15, 0.2) is 0 Å². The molecule has 1 amide bonds. The van der Waals surface area contributed by atoms with Crippen molar-refractivity contribution in [2.45, 2.75) is 26.0 Å². The molecule has 1 atom stereocenters. The fourth-order valence-electron chi connectivity index (χ4n) is 2.24. The zero-order valence-corrected chi connectivity index (χ0v) is 10.7. The van der Waals surface area contributed by atoms with Gasteiger partial charge < -0.3 is 14.5 Å². The number of benzene rings is 1. The minimum Gasteiger partial charge on any atom is -0.490 e. The molecule has 1 aliphatic heterocycles. The second-order valence-electron chi connectivity index (χ2n) is 4.77. The third kappa shape index (κ3) is 2.47. The van der Waals surface area contributed by atoms with Crippen molar-refractivity contribution < 1.29 is 13.9 Å². The number of ether oxygens (including phenoxy) is 1. The molecule has 1 aromatic carbocycles. The fraction of sp³-hybridized carbons (Fsp3) is 0.267. The van der Waals surface area contributed by atoms with E-state index in [9.17, 15) is 4.79 Å². The first kappa shape index (κ1) is 11.8. The largest absolute Gasteiger partial charge is 0.490 e. The molecule has 0 saturated heterocycles. The predicted octanol–water partition coefficient (Wildman–Crippen LogP) is 2.53. The molecule has 19 heavy (non-hydrogen) atoms. The van der Waals surface area contributed by atoms with Gasteiger partial charge in [-0.25, -0.2) is 0 Å². The van der Waals surface area contributed by atoms with E-state index in [1.165, 1.54) is 0 Å². The third-order valence-electron chi connectivity index (χ3n) is 3.19. The van der Waals surface area contributed by atoms with Crippen LogP contribution in [0, 0.1) is 0 Å². The van der Waals surface area contributed by atoms with Crippen molar-refractivity contribution in [3.05, 3.63) is 53.5 Å². The van der Waals surface area contributed by atoms with Gasteiger partial charge in [0, 0.05) is 24.1 Å². The van der Waals surface area contributed by atoms with Crippen LogP contribution < -0.4 is 10.1 Å². The van der Waals surface area contributed by atoms with Crippen LogP contribution in [0.2, 0.25) is 0 Å². The van der Waals surface area contributed by atoms with Crippen LogP contribution in [0.15, 0.2) is 41.2 Å². The summed E-state index contributed by atoms with van der Waals surface area (Å²) in [5.41, 5.74) is 2.72. The molecule has 0 spiro atoms. The number of carbonyl (C=O) groups excluding carboxylic acids is 1. The van der Waals surface area contributed by atoms with Crippen molar-refractivity contribution >= 4 is 5.91 Å². The van der Waals surface area contributed by atoms with Crippen LogP contribution >= 0.6 is 0 Å². The van der Waals surface area contributed by atoms with Gasteiger partial charge in [0.05, 0.1) is 12.5 Å². The van der Waals surface area contributed by atoms with Crippen LogP contribution in [0.3, 0.4) is 0 Å². The van der Waals surface area contributed by atoms with Crippen LogP contribution in [0.1, 0.15) is 28.4 Å². The van der Waals surface area contributed by atoms with Crippen LogP contribution in [-0.4, -0.2) is 12.0 Å². The number of nitrogens with one attached hydrogen (secondary N) is 1. The summed E-state index contributed by atoms with van der Waals surface area (Å²) in [5, 5.41) is 2.86. The van der Waals surface area contributed by atoms with Crippen molar-refractivity contribution in [1.29, 1.82) is 0 Å².